The van der Waals surface area contributed by atoms with Crippen LogP contribution < -0.4 is 5.56 Å². The van der Waals surface area contributed by atoms with Crippen molar-refractivity contribution >= 4 is 11.7 Å². The highest BCUT2D eigenvalue weighted by atomic mass is 19.1. The molecule has 0 bridgehead atoms. The summed E-state index contributed by atoms with van der Waals surface area (Å²) in [5, 5.41) is 2.79. The minimum atomic E-state index is -0.468. The third kappa shape index (κ3) is 2.77. The lowest BCUT2D eigenvalue weighted by molar-refractivity contribution is 0.0609. The van der Waals surface area contributed by atoms with Gasteiger partial charge < -0.3 is 4.90 Å². The number of carbonyl (C=O) groups excluding carboxylic acids is 1. The lowest BCUT2D eigenvalue weighted by atomic mass is 9.94. The molecular formula is C18H18FN5O2. The fourth-order valence-corrected chi connectivity index (χ4v) is 3.47. The number of aromatic nitrogens is 4. The van der Waals surface area contributed by atoms with Crippen LogP contribution in [0.1, 0.15) is 47.1 Å². The maximum absolute atomic E-state index is 13.2. The topological polar surface area (TPSA) is 83.4 Å². The van der Waals surface area contributed by atoms with Gasteiger partial charge in [-0.1, -0.05) is 12.1 Å². The molecule has 0 spiro atoms. The summed E-state index contributed by atoms with van der Waals surface area (Å²) in [5.41, 5.74) is 0.398. The number of rotatable bonds is 2. The van der Waals surface area contributed by atoms with Crippen molar-refractivity contribution in [3.63, 3.8) is 0 Å². The van der Waals surface area contributed by atoms with Gasteiger partial charge in [-0.15, -0.1) is 0 Å². The number of piperidine rings is 1. The van der Waals surface area contributed by atoms with Gasteiger partial charge in [-0.2, -0.15) is 9.50 Å². The van der Waals surface area contributed by atoms with Crippen LogP contribution in [-0.2, 0) is 0 Å². The number of hydrogen-bond acceptors (Lipinski definition) is 4. The first-order chi connectivity index (χ1) is 12.5. The molecular weight excluding hydrogens is 337 g/mol. The van der Waals surface area contributed by atoms with Gasteiger partial charge in [-0.3, -0.25) is 14.7 Å². The van der Waals surface area contributed by atoms with Crippen LogP contribution in [-0.4, -0.2) is 36.9 Å². The molecule has 1 unspecified atom stereocenters. The van der Waals surface area contributed by atoms with E-state index in [4.69, 9.17) is 0 Å². The number of aromatic amines is 1. The Bertz CT molecular complexity index is 1020. The first kappa shape index (κ1) is 16.4. The van der Waals surface area contributed by atoms with Gasteiger partial charge in [0.25, 0.3) is 17.2 Å². The first-order valence-corrected chi connectivity index (χ1v) is 8.55. The third-order valence-corrected chi connectivity index (χ3v) is 4.73. The number of H-pyrrole nitrogens is 1. The summed E-state index contributed by atoms with van der Waals surface area (Å²) in [4.78, 5) is 35.6. The highest BCUT2D eigenvalue weighted by molar-refractivity contribution is 5.94. The Hall–Kier alpha value is -3.03. The van der Waals surface area contributed by atoms with E-state index in [0.29, 0.717) is 12.4 Å². The third-order valence-electron chi connectivity index (χ3n) is 4.73. The summed E-state index contributed by atoms with van der Waals surface area (Å²) in [6.45, 7) is 2.26. The molecule has 3 aromatic rings. The van der Waals surface area contributed by atoms with Crippen LogP contribution in [0, 0.1) is 12.7 Å². The van der Waals surface area contributed by atoms with Gasteiger partial charge in [0.1, 0.15) is 17.2 Å². The van der Waals surface area contributed by atoms with E-state index in [0.717, 1.165) is 24.8 Å². The van der Waals surface area contributed by atoms with E-state index in [1.54, 1.807) is 24.0 Å². The van der Waals surface area contributed by atoms with Crippen molar-refractivity contribution in [2.45, 2.75) is 32.2 Å². The van der Waals surface area contributed by atoms with Crippen LogP contribution in [0.4, 0.5) is 4.39 Å². The van der Waals surface area contributed by atoms with Crippen LogP contribution in [0.2, 0.25) is 0 Å². The molecule has 8 heteroatoms. The maximum atomic E-state index is 13.2. The molecule has 4 rings (SSSR count). The zero-order valence-corrected chi connectivity index (χ0v) is 14.3. The number of nitrogens with zero attached hydrogens (tertiary/aromatic N) is 4. The fourth-order valence-electron chi connectivity index (χ4n) is 3.47. The molecule has 2 aromatic heterocycles. The van der Waals surface area contributed by atoms with Crippen molar-refractivity contribution in [3.8, 4) is 0 Å². The van der Waals surface area contributed by atoms with Gasteiger partial charge in [0.05, 0.1) is 6.04 Å². The number of likely N-dealkylation sites (tertiary alicyclic amines) is 1. The molecule has 1 saturated heterocycles. The van der Waals surface area contributed by atoms with Crippen molar-refractivity contribution in [1.82, 2.24) is 24.5 Å². The molecule has 7 nitrogen and oxygen atoms in total. The van der Waals surface area contributed by atoms with Crippen LogP contribution in [0.5, 0.6) is 0 Å². The predicted octanol–water partition coefficient (Wildman–Crippen LogP) is 2.23. The van der Waals surface area contributed by atoms with Crippen molar-refractivity contribution in [2.75, 3.05) is 6.54 Å². The second-order valence-corrected chi connectivity index (χ2v) is 6.48. The van der Waals surface area contributed by atoms with Crippen molar-refractivity contribution in [2.24, 2.45) is 0 Å². The van der Waals surface area contributed by atoms with Crippen LogP contribution in [0.15, 0.2) is 35.3 Å². The normalized spacial score (nSPS) is 17.6. The SMILES string of the molecule is Cc1nc2ncc(C(=O)N3CCCCC3c3ccc(F)cc3)c(=O)n2[nH]1. The van der Waals surface area contributed by atoms with Crippen LogP contribution >= 0.6 is 0 Å². The Morgan fingerprint density at radius 2 is 2.04 bits per heavy atom. The second-order valence-electron chi connectivity index (χ2n) is 6.48. The summed E-state index contributed by atoms with van der Waals surface area (Å²) in [7, 11) is 0. The summed E-state index contributed by atoms with van der Waals surface area (Å²) in [6.07, 6.45) is 3.90. The summed E-state index contributed by atoms with van der Waals surface area (Å²) >= 11 is 0. The number of hydrogen-bond donors (Lipinski definition) is 1. The van der Waals surface area contributed by atoms with Crippen molar-refractivity contribution < 1.29 is 9.18 Å². The van der Waals surface area contributed by atoms with Gasteiger partial charge in [0.2, 0.25) is 0 Å². The van der Waals surface area contributed by atoms with E-state index < -0.39 is 5.56 Å². The van der Waals surface area contributed by atoms with Gasteiger partial charge in [-0.25, -0.2) is 9.37 Å². The molecule has 1 aliphatic rings. The highest BCUT2D eigenvalue weighted by Crippen LogP contribution is 2.31. The Balaban J connectivity index is 1.72. The lowest BCUT2D eigenvalue weighted by Crippen LogP contribution is -2.41. The number of halogens is 1. The van der Waals surface area contributed by atoms with E-state index >= 15 is 0 Å². The van der Waals surface area contributed by atoms with Gasteiger partial charge in [-0.05, 0) is 43.9 Å². The zero-order valence-electron chi connectivity index (χ0n) is 14.3. The number of amides is 1. The van der Waals surface area contributed by atoms with Crippen molar-refractivity contribution in [1.29, 1.82) is 0 Å². The number of nitrogens with one attached hydrogen (secondary N) is 1. The summed E-state index contributed by atoms with van der Waals surface area (Å²) in [6, 6.07) is 5.99. The summed E-state index contributed by atoms with van der Waals surface area (Å²) in [5.74, 6) is 0.0993. The van der Waals surface area contributed by atoms with Gasteiger partial charge >= 0.3 is 0 Å². The van der Waals surface area contributed by atoms with E-state index in [2.05, 4.69) is 15.1 Å². The molecule has 0 radical (unpaired) electrons. The Morgan fingerprint density at radius 3 is 2.81 bits per heavy atom. The van der Waals surface area contributed by atoms with Gasteiger partial charge in [0.15, 0.2) is 0 Å². The Labute approximate surface area is 148 Å². The average Bonchev–Trinajstić information content (AvgIpc) is 3.04. The average molecular weight is 355 g/mol. The predicted molar refractivity (Wildman–Crippen MR) is 92.4 cm³/mol. The van der Waals surface area contributed by atoms with Crippen LogP contribution in [0.3, 0.4) is 0 Å². The molecule has 0 saturated carbocycles. The highest BCUT2D eigenvalue weighted by Gasteiger charge is 2.30. The van der Waals surface area contributed by atoms with Gasteiger partial charge in [0, 0.05) is 12.7 Å². The number of fused-ring (bicyclic) bond motifs is 1. The fraction of sp³-hybridized carbons (Fsp3) is 0.333. The Kier molecular flexibility index (Phi) is 4.02. The molecule has 3 heterocycles. The number of benzene rings is 1. The minimum Gasteiger partial charge on any atom is -0.331 e. The van der Waals surface area contributed by atoms with E-state index in [1.165, 1.54) is 22.8 Å². The Morgan fingerprint density at radius 1 is 1.27 bits per heavy atom. The first-order valence-electron chi connectivity index (χ1n) is 8.55. The van der Waals surface area contributed by atoms with E-state index in [1.807, 2.05) is 0 Å². The molecule has 1 atom stereocenters. The monoisotopic (exact) mass is 355 g/mol. The van der Waals surface area contributed by atoms with E-state index in [-0.39, 0.29) is 29.1 Å². The van der Waals surface area contributed by atoms with Crippen LogP contribution in [0.25, 0.3) is 5.78 Å². The van der Waals surface area contributed by atoms with E-state index in [9.17, 15) is 14.0 Å². The molecule has 0 aliphatic carbocycles. The molecule has 134 valence electrons. The lowest BCUT2D eigenvalue weighted by Gasteiger charge is -2.36. The number of aryl methyl sites for hydroxylation is 1. The molecule has 1 aromatic carbocycles. The maximum Gasteiger partial charge on any atom is 0.286 e. The molecule has 1 aliphatic heterocycles. The molecule has 1 fully saturated rings. The smallest absolute Gasteiger partial charge is 0.286 e. The molecule has 1 amide bonds. The second kappa shape index (κ2) is 6.36. The van der Waals surface area contributed by atoms with Crippen molar-refractivity contribution in [3.05, 3.63) is 63.6 Å². The molecule has 1 N–H and O–H groups in total. The minimum absolute atomic E-state index is 0.000150. The number of carbonyl (C=O) groups is 1. The zero-order chi connectivity index (χ0) is 18.3. The standard InChI is InChI=1S/C18H18FN5O2/c1-11-21-18-20-10-14(17(26)24(18)22-11)16(25)23-9-3-2-4-15(23)12-5-7-13(19)8-6-12/h5-8,10,15H,2-4,9H2,1H3,(H,20,21,22). The quantitative estimate of drug-likeness (QED) is 0.764. The largest absolute Gasteiger partial charge is 0.331 e. The summed E-state index contributed by atoms with van der Waals surface area (Å²) < 4.78 is 14.4. The molecule has 26 heavy (non-hydrogen) atoms.